The number of amidine groups is 2. The Morgan fingerprint density at radius 1 is 0.389 bits per heavy atom. The van der Waals surface area contributed by atoms with Crippen molar-refractivity contribution in [3.05, 3.63) is 217 Å². The lowest BCUT2D eigenvalue weighted by atomic mass is 9.88. The van der Waals surface area contributed by atoms with Crippen molar-refractivity contribution in [3.63, 3.8) is 0 Å². The number of nitrogens with one attached hydrogen (secondary N) is 1. The van der Waals surface area contributed by atoms with Crippen molar-refractivity contribution in [1.82, 2.24) is 0 Å². The van der Waals surface area contributed by atoms with Crippen LogP contribution in [0.25, 0.3) is 65.7 Å². The number of nitrogen functional groups attached to an aromatic ring is 1. The van der Waals surface area contributed by atoms with E-state index in [4.69, 9.17) is 4.99 Å². The zero-order valence-corrected chi connectivity index (χ0v) is 29.7. The Morgan fingerprint density at radius 2 is 0.944 bits per heavy atom. The summed E-state index contributed by atoms with van der Waals surface area (Å²) in [6, 6.07) is 72.1. The van der Waals surface area contributed by atoms with E-state index in [0.717, 1.165) is 22.8 Å². The number of hydrogen-bond donors (Lipinski definition) is 2. The molecule has 10 rings (SSSR count). The zero-order chi connectivity index (χ0) is 35.8. The van der Waals surface area contributed by atoms with E-state index in [1.807, 2.05) is 0 Å². The fourth-order valence-electron chi connectivity index (χ4n) is 7.94. The van der Waals surface area contributed by atoms with Crippen molar-refractivity contribution >= 4 is 44.0 Å². The Morgan fingerprint density at radius 3 is 1.72 bits per heavy atom. The van der Waals surface area contributed by atoms with Crippen molar-refractivity contribution in [3.8, 4) is 33.4 Å². The van der Waals surface area contributed by atoms with Gasteiger partial charge in [-0.1, -0.05) is 158 Å². The highest BCUT2D eigenvalue weighted by molar-refractivity contribution is 6.09. The van der Waals surface area contributed by atoms with Crippen LogP contribution in [0.15, 0.2) is 205 Å². The summed E-state index contributed by atoms with van der Waals surface area (Å²) in [5.41, 5.74) is 10.6. The maximum atomic E-state index is 5.21. The maximum Gasteiger partial charge on any atom is 0.334 e. The number of hydrogen-bond acceptors (Lipinski definition) is 1. The molecule has 1 heterocycles. The highest BCUT2D eigenvalue weighted by Gasteiger charge is 2.32. The van der Waals surface area contributed by atoms with Crippen molar-refractivity contribution in [2.75, 3.05) is 0 Å². The standard InChI is InChI=1S/C51H35N3/c1-3-13-39(14-4-1)49-52-50(40-15-5-2-6-16-40)54-51(53-49)41-26-24-38(25-27-41)48-46-18-10-8-12-36(46)29-32-47(48)37-21-19-34(20-22-37)42-30-31-45-43(33-42)28-23-35-11-7-9-17-44(35)45/h1-33,49H,(H,52,53,54)/p+2. The Bertz CT molecular complexity index is 2870. The summed E-state index contributed by atoms with van der Waals surface area (Å²) in [4.78, 5) is 8.87. The molecule has 0 aliphatic carbocycles. The molecular weight excluding hydrogens is 655 g/mol. The molecule has 1 aliphatic rings. The number of nitrogens with zero attached hydrogens (tertiary/aromatic N) is 1. The van der Waals surface area contributed by atoms with Crippen LogP contribution < -0.4 is 10.3 Å². The summed E-state index contributed by atoms with van der Waals surface area (Å²) in [5.74, 6) is 1.93. The first-order valence-electron chi connectivity index (χ1n) is 18.6. The Balaban J connectivity index is 1.02. The van der Waals surface area contributed by atoms with Gasteiger partial charge in [0.2, 0.25) is 0 Å². The normalized spacial score (nSPS) is 14.3. The smallest absolute Gasteiger partial charge is 0.233 e. The van der Waals surface area contributed by atoms with Gasteiger partial charge in [-0.25, -0.2) is 5.32 Å². The predicted molar refractivity (Wildman–Crippen MR) is 224 cm³/mol. The lowest BCUT2D eigenvalue weighted by Crippen LogP contribution is -3.04. The Hall–Kier alpha value is -6.94. The second kappa shape index (κ2) is 13.6. The van der Waals surface area contributed by atoms with Gasteiger partial charge in [0.25, 0.3) is 12.0 Å². The molecule has 0 aromatic heterocycles. The third kappa shape index (κ3) is 5.87. The minimum atomic E-state index is -0.0838. The zero-order valence-electron chi connectivity index (χ0n) is 29.7. The van der Waals surface area contributed by atoms with Crippen LogP contribution in [0.3, 0.4) is 0 Å². The van der Waals surface area contributed by atoms with E-state index < -0.39 is 0 Å². The molecule has 1 atom stereocenters. The molecule has 3 heteroatoms. The first kappa shape index (κ1) is 31.8. The van der Waals surface area contributed by atoms with Crippen LogP contribution in [0.5, 0.6) is 0 Å². The molecule has 0 saturated heterocycles. The lowest BCUT2D eigenvalue weighted by Gasteiger charge is -2.16. The monoisotopic (exact) mass is 691 g/mol. The average Bonchev–Trinajstić information content (AvgIpc) is 3.26. The number of fused-ring (bicyclic) bond motifs is 4. The van der Waals surface area contributed by atoms with Crippen molar-refractivity contribution < 1.29 is 10.3 Å². The van der Waals surface area contributed by atoms with E-state index in [-0.39, 0.29) is 6.17 Å². The van der Waals surface area contributed by atoms with Crippen molar-refractivity contribution in [1.29, 1.82) is 0 Å². The largest absolute Gasteiger partial charge is 0.334 e. The molecule has 0 bridgehead atoms. The van der Waals surface area contributed by atoms with Crippen molar-refractivity contribution in [2.45, 2.75) is 6.17 Å². The summed E-state index contributed by atoms with van der Waals surface area (Å²) in [6.45, 7) is 0. The third-order valence-corrected chi connectivity index (χ3v) is 10.7. The molecule has 3 nitrogen and oxygen atoms in total. The highest BCUT2D eigenvalue weighted by atomic mass is 15.2. The second-order valence-electron chi connectivity index (χ2n) is 14.0. The molecule has 0 saturated carbocycles. The molecular formula is C51H37N3+2. The third-order valence-electron chi connectivity index (χ3n) is 10.7. The summed E-state index contributed by atoms with van der Waals surface area (Å²) in [5, 5.41) is 9.79. The molecule has 9 aromatic rings. The van der Waals surface area contributed by atoms with E-state index in [0.29, 0.717) is 0 Å². The van der Waals surface area contributed by atoms with E-state index >= 15 is 0 Å². The minimum Gasteiger partial charge on any atom is -0.233 e. The van der Waals surface area contributed by atoms with Gasteiger partial charge in [-0.2, -0.15) is 4.99 Å². The van der Waals surface area contributed by atoms with E-state index in [2.05, 4.69) is 210 Å². The lowest BCUT2D eigenvalue weighted by molar-refractivity contribution is -0.631. The topological polar surface area (TPSA) is 42.9 Å². The SMILES string of the molecule is c1ccc(C2=[NH+]C(c3ccc(-c4c(-c5ccc(-c6ccc7c(ccc8ccccc87)c6)cc5)ccc5ccccc45)cc3)=NC(c3ccccc3)[NH2+]2)cc1. The van der Waals surface area contributed by atoms with Gasteiger partial charge in [-0.05, 0) is 113 Å². The van der Waals surface area contributed by atoms with Crippen LogP contribution in [0.4, 0.5) is 0 Å². The first-order chi connectivity index (χ1) is 26.7. The second-order valence-corrected chi connectivity index (χ2v) is 14.0. The van der Waals surface area contributed by atoms with Crippen LogP contribution in [0, 0.1) is 0 Å². The molecule has 254 valence electrons. The summed E-state index contributed by atoms with van der Waals surface area (Å²) >= 11 is 0. The molecule has 1 aliphatic heterocycles. The van der Waals surface area contributed by atoms with Crippen LogP contribution in [0.2, 0.25) is 0 Å². The molecule has 0 spiro atoms. The molecule has 0 amide bonds. The first-order valence-corrected chi connectivity index (χ1v) is 18.6. The number of quaternary nitrogens is 1. The number of rotatable bonds is 6. The predicted octanol–water partition coefficient (Wildman–Crippen LogP) is 9.70. The van der Waals surface area contributed by atoms with E-state index in [1.54, 1.807) is 0 Å². The summed E-state index contributed by atoms with van der Waals surface area (Å²) in [7, 11) is 0. The molecule has 9 aromatic carbocycles. The summed E-state index contributed by atoms with van der Waals surface area (Å²) < 4.78 is 0. The average molecular weight is 692 g/mol. The molecule has 0 fully saturated rings. The van der Waals surface area contributed by atoms with Gasteiger partial charge in [-0.3, -0.25) is 0 Å². The van der Waals surface area contributed by atoms with Crippen LogP contribution in [-0.2, 0) is 0 Å². The van der Waals surface area contributed by atoms with Crippen LogP contribution in [-0.4, -0.2) is 11.7 Å². The van der Waals surface area contributed by atoms with Crippen LogP contribution in [0.1, 0.15) is 22.9 Å². The minimum absolute atomic E-state index is 0.0838. The molecule has 54 heavy (non-hydrogen) atoms. The maximum absolute atomic E-state index is 5.21. The highest BCUT2D eigenvalue weighted by Crippen LogP contribution is 2.39. The van der Waals surface area contributed by atoms with Crippen LogP contribution >= 0.6 is 0 Å². The van der Waals surface area contributed by atoms with Gasteiger partial charge < -0.3 is 0 Å². The fourth-order valence-corrected chi connectivity index (χ4v) is 7.94. The van der Waals surface area contributed by atoms with E-state index in [1.165, 1.54) is 71.3 Å². The van der Waals surface area contributed by atoms with Gasteiger partial charge >= 0.3 is 5.84 Å². The Labute approximate surface area is 314 Å². The number of aliphatic imine (C=N–C) groups is 1. The van der Waals surface area contributed by atoms with Crippen molar-refractivity contribution in [2.24, 2.45) is 4.99 Å². The Kier molecular flexibility index (Phi) is 7.97. The van der Waals surface area contributed by atoms with Gasteiger partial charge in [0.1, 0.15) is 0 Å². The molecule has 1 unspecified atom stereocenters. The fraction of sp³-hybridized carbons (Fsp3) is 0.0196. The molecule has 3 N–H and O–H groups in total. The van der Waals surface area contributed by atoms with Gasteiger partial charge in [0, 0.05) is 0 Å². The quantitative estimate of drug-likeness (QED) is 0.163. The van der Waals surface area contributed by atoms with Gasteiger partial charge in [-0.15, -0.1) is 0 Å². The summed E-state index contributed by atoms with van der Waals surface area (Å²) in [6.07, 6.45) is -0.0838. The van der Waals surface area contributed by atoms with Gasteiger partial charge in [0.05, 0.1) is 16.7 Å². The number of nitrogens with two attached hydrogens (primary N) is 1. The molecule has 0 radical (unpaired) electrons. The van der Waals surface area contributed by atoms with E-state index in [9.17, 15) is 0 Å². The van der Waals surface area contributed by atoms with Gasteiger partial charge in [0.15, 0.2) is 0 Å². The number of benzene rings is 9.